The number of para-hydroxylation sites is 4. The molecule has 8 heteroatoms. The van der Waals surface area contributed by atoms with Gasteiger partial charge in [-0.05, 0) is 30.3 Å². The number of pyridine rings is 1. The highest BCUT2D eigenvalue weighted by Crippen LogP contribution is 2.33. The molecule has 0 saturated carbocycles. The van der Waals surface area contributed by atoms with Crippen LogP contribution in [-0.4, -0.2) is 16.1 Å². The predicted molar refractivity (Wildman–Crippen MR) is 110 cm³/mol. The fraction of sp³-hybridized carbons (Fsp3) is 0.100. The number of oxazole rings is 1. The molecule has 28 heavy (non-hydrogen) atoms. The summed E-state index contributed by atoms with van der Waals surface area (Å²) in [5.41, 5.74) is 2.08. The van der Waals surface area contributed by atoms with Gasteiger partial charge in [-0.1, -0.05) is 47.5 Å². The number of fused-ring (bicyclic) bond motifs is 1. The van der Waals surface area contributed by atoms with Crippen molar-refractivity contribution in [2.24, 2.45) is 0 Å². The zero-order chi connectivity index (χ0) is 19.5. The second-order valence-corrected chi connectivity index (χ2v) is 6.80. The minimum absolute atomic E-state index is 0.261. The Kier molecular flexibility index (Phi) is 5.23. The summed E-state index contributed by atoms with van der Waals surface area (Å²) in [6.45, 7) is 0.926. The first-order valence-corrected chi connectivity index (χ1v) is 9.27. The highest BCUT2D eigenvalue weighted by atomic mass is 35.5. The lowest BCUT2D eigenvalue weighted by atomic mass is 10.3. The molecule has 4 rings (SSSR count). The number of benzene rings is 2. The summed E-state index contributed by atoms with van der Waals surface area (Å²) >= 11 is 12.0. The van der Waals surface area contributed by atoms with Gasteiger partial charge in [0.15, 0.2) is 11.3 Å². The summed E-state index contributed by atoms with van der Waals surface area (Å²) in [4.78, 5) is 16.2. The minimum Gasteiger partial charge on any atom is -0.435 e. The fourth-order valence-electron chi connectivity index (χ4n) is 2.81. The first kappa shape index (κ1) is 18.4. The van der Waals surface area contributed by atoms with E-state index in [0.29, 0.717) is 34.5 Å². The van der Waals surface area contributed by atoms with Gasteiger partial charge >= 0.3 is 5.76 Å². The van der Waals surface area contributed by atoms with Crippen molar-refractivity contribution in [1.82, 2.24) is 9.55 Å². The van der Waals surface area contributed by atoms with Gasteiger partial charge in [0.1, 0.15) is 5.02 Å². The highest BCUT2D eigenvalue weighted by Gasteiger charge is 2.11. The molecule has 0 aliphatic heterocycles. The van der Waals surface area contributed by atoms with Crippen molar-refractivity contribution in [1.29, 1.82) is 0 Å². The maximum Gasteiger partial charge on any atom is 0.420 e. The zero-order valence-corrected chi connectivity index (χ0v) is 16.1. The molecule has 2 heterocycles. The van der Waals surface area contributed by atoms with Gasteiger partial charge in [0.2, 0.25) is 5.88 Å². The molecule has 0 fully saturated rings. The monoisotopic (exact) mass is 415 g/mol. The topological polar surface area (TPSA) is 69.3 Å². The standard InChI is InChI=1S/C20H15Cl2N3O3/c21-13-11-14(22)19(24-12-13)27-17-7-3-1-5-15(17)23-9-10-25-16-6-2-4-8-18(16)28-20(25)26/h1-8,11-12,23H,9-10H2. The second-order valence-electron chi connectivity index (χ2n) is 5.95. The van der Waals surface area contributed by atoms with Crippen LogP contribution in [0.4, 0.5) is 5.69 Å². The fourth-order valence-corrected chi connectivity index (χ4v) is 3.23. The lowest BCUT2D eigenvalue weighted by Crippen LogP contribution is -2.19. The highest BCUT2D eigenvalue weighted by molar-refractivity contribution is 6.35. The summed E-state index contributed by atoms with van der Waals surface area (Å²) in [5.74, 6) is 0.436. The molecule has 0 bridgehead atoms. The number of ether oxygens (including phenoxy) is 1. The largest absolute Gasteiger partial charge is 0.435 e. The summed E-state index contributed by atoms with van der Waals surface area (Å²) in [7, 11) is 0. The molecule has 1 N–H and O–H groups in total. The Morgan fingerprint density at radius 1 is 1.11 bits per heavy atom. The third-order valence-corrected chi connectivity index (χ3v) is 4.57. The van der Waals surface area contributed by atoms with Gasteiger partial charge in [-0.15, -0.1) is 0 Å². The molecule has 0 amide bonds. The Morgan fingerprint density at radius 2 is 1.89 bits per heavy atom. The van der Waals surface area contributed by atoms with Crippen LogP contribution in [0.1, 0.15) is 0 Å². The van der Waals surface area contributed by atoms with Crippen LogP contribution in [-0.2, 0) is 6.54 Å². The van der Waals surface area contributed by atoms with Crippen LogP contribution in [0.3, 0.4) is 0 Å². The van der Waals surface area contributed by atoms with E-state index in [1.165, 1.54) is 6.20 Å². The quantitative estimate of drug-likeness (QED) is 0.468. The SMILES string of the molecule is O=c1oc2ccccc2n1CCNc1ccccc1Oc1ncc(Cl)cc1Cl. The minimum atomic E-state index is -0.385. The van der Waals surface area contributed by atoms with Gasteiger partial charge in [-0.25, -0.2) is 9.78 Å². The molecule has 6 nitrogen and oxygen atoms in total. The van der Waals surface area contributed by atoms with E-state index in [4.69, 9.17) is 32.4 Å². The average Bonchev–Trinajstić information content (AvgIpc) is 3.01. The van der Waals surface area contributed by atoms with E-state index < -0.39 is 0 Å². The Labute approximate surface area is 170 Å². The normalized spacial score (nSPS) is 10.9. The predicted octanol–water partition coefficient (Wildman–Crippen LogP) is 5.20. The molecule has 0 aliphatic rings. The van der Waals surface area contributed by atoms with E-state index in [1.54, 1.807) is 22.8 Å². The Morgan fingerprint density at radius 3 is 2.75 bits per heavy atom. The third-order valence-electron chi connectivity index (χ3n) is 4.09. The smallest absolute Gasteiger partial charge is 0.420 e. The van der Waals surface area contributed by atoms with Gasteiger partial charge in [-0.2, -0.15) is 0 Å². The van der Waals surface area contributed by atoms with E-state index in [2.05, 4.69) is 10.3 Å². The van der Waals surface area contributed by atoms with Crippen LogP contribution in [0, 0.1) is 0 Å². The molecule has 142 valence electrons. The van der Waals surface area contributed by atoms with E-state index in [1.807, 2.05) is 36.4 Å². The molecule has 0 aliphatic carbocycles. The summed E-state index contributed by atoms with van der Waals surface area (Å²) < 4.78 is 12.7. The van der Waals surface area contributed by atoms with Crippen molar-refractivity contribution in [2.45, 2.75) is 6.54 Å². The van der Waals surface area contributed by atoms with Crippen LogP contribution < -0.4 is 15.8 Å². The van der Waals surface area contributed by atoms with Crippen LogP contribution >= 0.6 is 23.2 Å². The third kappa shape index (κ3) is 3.83. The molecule has 0 radical (unpaired) electrons. The maximum atomic E-state index is 12.1. The van der Waals surface area contributed by atoms with E-state index in [9.17, 15) is 4.79 Å². The molecule has 2 aromatic heterocycles. The maximum absolute atomic E-state index is 12.1. The van der Waals surface area contributed by atoms with Crippen molar-refractivity contribution in [3.8, 4) is 11.6 Å². The van der Waals surface area contributed by atoms with Crippen molar-refractivity contribution in [2.75, 3.05) is 11.9 Å². The van der Waals surface area contributed by atoms with Gasteiger partial charge in [0.25, 0.3) is 0 Å². The van der Waals surface area contributed by atoms with Crippen molar-refractivity contribution in [3.63, 3.8) is 0 Å². The van der Waals surface area contributed by atoms with Crippen LogP contribution in [0.2, 0.25) is 10.0 Å². The van der Waals surface area contributed by atoms with E-state index >= 15 is 0 Å². The number of nitrogens with zero attached hydrogens (tertiary/aromatic N) is 2. The molecule has 0 saturated heterocycles. The Balaban J connectivity index is 1.50. The summed E-state index contributed by atoms with van der Waals surface area (Å²) in [6.07, 6.45) is 1.47. The van der Waals surface area contributed by atoms with Crippen LogP contribution in [0.5, 0.6) is 11.6 Å². The average molecular weight is 416 g/mol. The van der Waals surface area contributed by atoms with E-state index in [-0.39, 0.29) is 11.6 Å². The number of halogens is 2. The first-order chi connectivity index (χ1) is 13.6. The molecule has 2 aromatic carbocycles. The van der Waals surface area contributed by atoms with Gasteiger partial charge in [0, 0.05) is 19.3 Å². The molecule has 0 spiro atoms. The molecular weight excluding hydrogens is 401 g/mol. The first-order valence-electron chi connectivity index (χ1n) is 8.52. The number of aromatic nitrogens is 2. The van der Waals surface area contributed by atoms with Crippen molar-refractivity contribution in [3.05, 3.63) is 81.4 Å². The van der Waals surface area contributed by atoms with Gasteiger partial charge in [-0.3, -0.25) is 4.57 Å². The lowest BCUT2D eigenvalue weighted by molar-refractivity contribution is 0.464. The Hall–Kier alpha value is -2.96. The second kappa shape index (κ2) is 7.96. The molecule has 0 unspecified atom stereocenters. The number of anilines is 1. The van der Waals surface area contributed by atoms with Crippen molar-refractivity contribution < 1.29 is 9.15 Å². The van der Waals surface area contributed by atoms with Crippen LogP contribution in [0.25, 0.3) is 11.1 Å². The number of rotatable bonds is 6. The number of nitrogens with one attached hydrogen (secondary N) is 1. The lowest BCUT2D eigenvalue weighted by Gasteiger charge is -2.13. The number of hydrogen-bond donors (Lipinski definition) is 1. The van der Waals surface area contributed by atoms with E-state index in [0.717, 1.165) is 11.2 Å². The zero-order valence-electron chi connectivity index (χ0n) is 14.6. The molecule has 4 aromatic rings. The number of hydrogen-bond acceptors (Lipinski definition) is 5. The van der Waals surface area contributed by atoms with Crippen LogP contribution in [0.15, 0.2) is 70.0 Å². The Bertz CT molecular complexity index is 1190. The van der Waals surface area contributed by atoms with Gasteiger partial charge < -0.3 is 14.5 Å². The molecular formula is C20H15Cl2N3O3. The summed E-state index contributed by atoms with van der Waals surface area (Å²) in [5, 5.41) is 4.02. The molecule has 0 atom stereocenters. The van der Waals surface area contributed by atoms with Crippen molar-refractivity contribution >= 4 is 40.0 Å². The summed E-state index contributed by atoms with van der Waals surface area (Å²) in [6, 6.07) is 16.3. The van der Waals surface area contributed by atoms with Gasteiger partial charge in [0.05, 0.1) is 16.2 Å².